The van der Waals surface area contributed by atoms with Crippen molar-refractivity contribution in [3.63, 3.8) is 0 Å². The molecule has 0 aromatic carbocycles. The first kappa shape index (κ1) is 24.2. The van der Waals surface area contributed by atoms with Gasteiger partial charge in [-0.25, -0.2) is 9.97 Å². The monoisotopic (exact) mass is 500 g/mol. The molecule has 1 unspecified atom stereocenters. The van der Waals surface area contributed by atoms with E-state index in [-0.39, 0.29) is 11.6 Å². The summed E-state index contributed by atoms with van der Waals surface area (Å²) < 4.78 is 31.9. The van der Waals surface area contributed by atoms with Crippen molar-refractivity contribution in [2.75, 3.05) is 12.4 Å². The van der Waals surface area contributed by atoms with E-state index in [9.17, 15) is 14.6 Å². The maximum atomic E-state index is 11.6. The molecule has 0 spiro atoms. The number of hydrogen-bond acceptors (Lipinski definition) is 8. The maximum Gasteiger partial charge on any atom is 0.695 e. The van der Waals surface area contributed by atoms with Gasteiger partial charge in [0.2, 0.25) is 0 Å². The molecule has 0 amide bonds. The zero-order valence-corrected chi connectivity index (χ0v) is 21.7. The lowest BCUT2D eigenvalue weighted by Gasteiger charge is -2.40. The molecule has 1 saturated heterocycles. The molecule has 4 heterocycles. The lowest BCUT2D eigenvalue weighted by molar-refractivity contribution is -0.0485. The Morgan fingerprint density at radius 1 is 1.34 bits per heavy atom. The second kappa shape index (κ2) is 9.03. The van der Waals surface area contributed by atoms with Crippen LogP contribution in [0, 0.1) is 0 Å². The van der Waals surface area contributed by atoms with Crippen LogP contribution >= 0.6 is 20.0 Å². The second-order valence-electron chi connectivity index (χ2n) is 9.79. The van der Waals surface area contributed by atoms with E-state index in [1.807, 2.05) is 10.8 Å². The summed E-state index contributed by atoms with van der Waals surface area (Å²) in [7, 11) is -5.23. The minimum absolute atomic E-state index is 0.0997. The SMILES string of the molecule is CC(C)(C)[Si](C)(C)O[C@@H]1[C@H](O[P+](=O)O)[C@@H](CO)O[C@H]1n1cc2c3c(ncnc31)SCCC2. The fraction of sp³-hybridized carbons (Fsp3) is 0.700. The summed E-state index contributed by atoms with van der Waals surface area (Å²) in [4.78, 5) is 18.5. The van der Waals surface area contributed by atoms with Gasteiger partial charge in [0.1, 0.15) is 29.2 Å². The van der Waals surface area contributed by atoms with E-state index in [2.05, 4.69) is 43.8 Å². The van der Waals surface area contributed by atoms with Crippen LogP contribution in [0.1, 0.15) is 39.0 Å². The van der Waals surface area contributed by atoms with Crippen LogP contribution in [0.5, 0.6) is 0 Å². The molecule has 176 valence electrons. The number of aliphatic hydroxyl groups excluding tert-OH is 1. The van der Waals surface area contributed by atoms with E-state index in [0.29, 0.717) is 0 Å². The van der Waals surface area contributed by atoms with E-state index in [0.717, 1.165) is 40.2 Å². The third-order valence-electron chi connectivity index (χ3n) is 6.67. The lowest BCUT2D eigenvalue weighted by Crippen LogP contribution is -2.49. The highest BCUT2D eigenvalue weighted by Gasteiger charge is 2.54. The molecule has 2 aromatic heterocycles. The van der Waals surface area contributed by atoms with Crippen LogP contribution in [0.25, 0.3) is 11.0 Å². The number of hydrogen-bond donors (Lipinski definition) is 2. The summed E-state index contributed by atoms with van der Waals surface area (Å²) in [5.41, 5.74) is 1.88. The summed E-state index contributed by atoms with van der Waals surface area (Å²) >= 11 is 1.72. The van der Waals surface area contributed by atoms with E-state index >= 15 is 0 Å². The van der Waals surface area contributed by atoms with Gasteiger partial charge in [-0.3, -0.25) is 0 Å². The molecule has 0 radical (unpaired) electrons. The Balaban J connectivity index is 1.82. The average molecular weight is 501 g/mol. The largest absolute Gasteiger partial charge is 0.695 e. The third-order valence-corrected chi connectivity index (χ3v) is 12.6. The van der Waals surface area contributed by atoms with Crippen LogP contribution in [0.4, 0.5) is 0 Å². The number of nitrogens with zero attached hydrogens (tertiary/aromatic N) is 3. The van der Waals surface area contributed by atoms with E-state index in [1.54, 1.807) is 18.1 Å². The Labute approximate surface area is 194 Å². The van der Waals surface area contributed by atoms with Gasteiger partial charge >= 0.3 is 8.25 Å². The lowest BCUT2D eigenvalue weighted by atomic mass is 10.1. The fourth-order valence-electron chi connectivity index (χ4n) is 4.01. The summed E-state index contributed by atoms with van der Waals surface area (Å²) in [5, 5.41) is 11.8. The minimum atomic E-state index is -2.90. The second-order valence-corrected chi connectivity index (χ2v) is 16.3. The van der Waals surface area contributed by atoms with Crippen molar-refractivity contribution < 1.29 is 28.3 Å². The standard InChI is InChI=1S/C20H30N3O6PSSi/c1-20(2,3)32(4,5)29-16-15(28-30(25)26)13(10-24)27-19(16)23-9-12-7-6-8-31-18-14(12)17(23)21-11-22-18/h9,11,13,15-16,19,24H,6-8,10H2,1-5H3/p+1/t13-,15-,16-,19-/m1/s1. The zero-order chi connectivity index (χ0) is 23.3. The smallest absolute Gasteiger partial charge is 0.406 e. The molecule has 2 N–H and O–H groups in total. The van der Waals surface area contributed by atoms with Crippen LogP contribution in [0.3, 0.4) is 0 Å². The number of aromatic nitrogens is 3. The Morgan fingerprint density at radius 3 is 2.75 bits per heavy atom. The Bertz CT molecular complexity index is 1010. The summed E-state index contributed by atoms with van der Waals surface area (Å²) in [5.74, 6) is 1.00. The predicted octanol–water partition coefficient (Wildman–Crippen LogP) is 3.78. The first-order chi connectivity index (χ1) is 15.0. The highest BCUT2D eigenvalue weighted by Crippen LogP contribution is 2.45. The minimum Gasteiger partial charge on any atom is -0.406 e. The van der Waals surface area contributed by atoms with Crippen LogP contribution in [0.2, 0.25) is 18.1 Å². The van der Waals surface area contributed by atoms with Crippen molar-refractivity contribution in [3.8, 4) is 0 Å². The van der Waals surface area contributed by atoms with E-state index in [1.165, 1.54) is 0 Å². The van der Waals surface area contributed by atoms with Crippen molar-refractivity contribution in [2.24, 2.45) is 0 Å². The van der Waals surface area contributed by atoms with Gasteiger partial charge in [0.25, 0.3) is 0 Å². The molecule has 32 heavy (non-hydrogen) atoms. The normalized spacial score (nSPS) is 27.0. The molecule has 0 saturated carbocycles. The Kier molecular flexibility index (Phi) is 6.84. The molecular weight excluding hydrogens is 469 g/mol. The van der Waals surface area contributed by atoms with Gasteiger partial charge in [-0.15, -0.1) is 21.2 Å². The van der Waals surface area contributed by atoms with Crippen LogP contribution in [-0.4, -0.2) is 63.5 Å². The summed E-state index contributed by atoms with van der Waals surface area (Å²) in [6.45, 7) is 10.2. The molecule has 2 aromatic rings. The maximum absolute atomic E-state index is 11.6. The Morgan fingerprint density at radius 2 is 2.09 bits per heavy atom. The third kappa shape index (κ3) is 4.42. The molecule has 4 rings (SSSR count). The molecule has 5 atom stereocenters. The van der Waals surface area contributed by atoms with Crippen LogP contribution in [0.15, 0.2) is 17.6 Å². The Hall–Kier alpha value is -0.913. The van der Waals surface area contributed by atoms with Gasteiger partial charge in [-0.2, -0.15) is 0 Å². The molecule has 9 nitrogen and oxygen atoms in total. The molecule has 2 aliphatic heterocycles. The first-order valence-corrected chi connectivity index (χ1v) is 15.8. The van der Waals surface area contributed by atoms with Crippen LogP contribution < -0.4 is 0 Å². The number of rotatable bonds is 6. The number of aliphatic hydroxyl groups is 1. The summed E-state index contributed by atoms with van der Waals surface area (Å²) in [6.07, 6.45) is 2.48. The van der Waals surface area contributed by atoms with Crippen molar-refractivity contribution in [1.82, 2.24) is 14.5 Å². The van der Waals surface area contributed by atoms with Gasteiger partial charge in [0.15, 0.2) is 20.6 Å². The van der Waals surface area contributed by atoms with Gasteiger partial charge in [-0.05, 0) is 42.3 Å². The van der Waals surface area contributed by atoms with Crippen molar-refractivity contribution in [3.05, 3.63) is 18.1 Å². The quantitative estimate of drug-likeness (QED) is 0.347. The van der Waals surface area contributed by atoms with Gasteiger partial charge < -0.3 is 18.8 Å². The highest BCUT2D eigenvalue weighted by atomic mass is 32.2. The van der Waals surface area contributed by atoms with Gasteiger partial charge in [-0.1, -0.05) is 20.8 Å². The molecule has 0 bridgehead atoms. The summed E-state index contributed by atoms with van der Waals surface area (Å²) in [6, 6.07) is 0. The van der Waals surface area contributed by atoms with Crippen LogP contribution in [-0.2, 0) is 24.7 Å². The van der Waals surface area contributed by atoms with E-state index in [4.69, 9.17) is 13.7 Å². The van der Waals surface area contributed by atoms with E-state index < -0.39 is 41.1 Å². The molecular formula is C20H31N3O6PSSi+. The topological polar surface area (TPSA) is 116 Å². The fourth-order valence-corrected chi connectivity index (χ4v) is 6.73. The number of aryl methyl sites for hydroxylation is 1. The highest BCUT2D eigenvalue weighted by molar-refractivity contribution is 7.99. The van der Waals surface area contributed by atoms with Crippen molar-refractivity contribution in [1.29, 1.82) is 0 Å². The van der Waals surface area contributed by atoms with Crippen molar-refractivity contribution >= 4 is 39.4 Å². The average Bonchev–Trinajstić information content (AvgIpc) is 3.14. The van der Waals surface area contributed by atoms with Gasteiger partial charge in [0.05, 0.1) is 12.0 Å². The van der Waals surface area contributed by atoms with Gasteiger partial charge in [0, 0.05) is 10.8 Å². The number of thioether (sulfide) groups is 1. The zero-order valence-electron chi connectivity index (χ0n) is 19.0. The number of ether oxygens (including phenoxy) is 1. The van der Waals surface area contributed by atoms with Crippen molar-refractivity contribution in [2.45, 2.75) is 81.3 Å². The molecule has 0 aliphatic carbocycles. The predicted molar refractivity (Wildman–Crippen MR) is 124 cm³/mol. The molecule has 1 fully saturated rings. The molecule has 12 heteroatoms. The first-order valence-electron chi connectivity index (χ1n) is 10.8. The molecule has 2 aliphatic rings.